The van der Waals surface area contributed by atoms with Crippen LogP contribution >= 0.6 is 0 Å². The van der Waals surface area contributed by atoms with Crippen molar-refractivity contribution in [1.29, 1.82) is 0 Å². The topological polar surface area (TPSA) is 104 Å². The van der Waals surface area contributed by atoms with E-state index < -0.39 is 11.7 Å². The Hall–Kier alpha value is -3.03. The third kappa shape index (κ3) is 5.85. The van der Waals surface area contributed by atoms with Crippen LogP contribution in [-0.2, 0) is 7.05 Å². The molecule has 1 saturated carbocycles. The molecule has 3 N–H and O–H groups in total. The standard InChI is InChI=1S/C29H37N3O4/c1-19-13-14-22(29(2,36)17-21(16-23(33)15-19)20-9-5-4-6-10-20)18-30-27(34)26-24-11-7-8-12-25(24)28(35)32(3)31-26/h4-12,19,21-23,33,36H,13-18H2,1-3H3,(H,30,34)/t19-,21-,22+,23+,29-/m1/s1. The highest BCUT2D eigenvalue weighted by Crippen LogP contribution is 2.38. The van der Waals surface area contributed by atoms with Crippen LogP contribution in [0.5, 0.6) is 0 Å². The van der Waals surface area contributed by atoms with Gasteiger partial charge in [-0.2, -0.15) is 5.10 Å². The Kier molecular flexibility index (Phi) is 7.91. The first kappa shape index (κ1) is 26.0. The van der Waals surface area contributed by atoms with Gasteiger partial charge in [0.25, 0.3) is 11.5 Å². The van der Waals surface area contributed by atoms with Gasteiger partial charge in [-0.15, -0.1) is 0 Å². The minimum absolute atomic E-state index is 0.00830. The summed E-state index contributed by atoms with van der Waals surface area (Å²) in [5.74, 6) is -0.228. The molecule has 7 heteroatoms. The van der Waals surface area contributed by atoms with Crippen LogP contribution in [0.15, 0.2) is 59.4 Å². The Labute approximate surface area is 212 Å². The molecule has 1 aliphatic rings. The van der Waals surface area contributed by atoms with E-state index in [0.29, 0.717) is 36.1 Å². The van der Waals surface area contributed by atoms with Crippen LogP contribution in [0, 0.1) is 11.8 Å². The number of benzene rings is 2. The molecule has 0 unspecified atom stereocenters. The number of amides is 1. The van der Waals surface area contributed by atoms with Gasteiger partial charge in [0, 0.05) is 24.9 Å². The summed E-state index contributed by atoms with van der Waals surface area (Å²) in [7, 11) is 1.54. The van der Waals surface area contributed by atoms with E-state index in [-0.39, 0.29) is 29.0 Å². The first-order chi connectivity index (χ1) is 17.2. The number of nitrogens with one attached hydrogen (secondary N) is 1. The first-order valence-electron chi connectivity index (χ1n) is 12.9. The molecule has 36 heavy (non-hydrogen) atoms. The summed E-state index contributed by atoms with van der Waals surface area (Å²) in [5.41, 5.74) is 0.00369. The number of rotatable bonds is 4. The Morgan fingerprint density at radius 3 is 2.47 bits per heavy atom. The molecule has 0 radical (unpaired) electrons. The van der Waals surface area contributed by atoms with Crippen molar-refractivity contribution in [3.63, 3.8) is 0 Å². The van der Waals surface area contributed by atoms with E-state index in [9.17, 15) is 19.8 Å². The zero-order chi connectivity index (χ0) is 25.9. The fourth-order valence-electron chi connectivity index (χ4n) is 5.62. The van der Waals surface area contributed by atoms with E-state index >= 15 is 0 Å². The largest absolute Gasteiger partial charge is 0.393 e. The van der Waals surface area contributed by atoms with E-state index in [1.807, 2.05) is 25.1 Å². The van der Waals surface area contributed by atoms with Gasteiger partial charge >= 0.3 is 0 Å². The molecule has 1 amide bonds. The van der Waals surface area contributed by atoms with Crippen molar-refractivity contribution in [1.82, 2.24) is 15.1 Å². The predicted octanol–water partition coefficient (Wildman–Crippen LogP) is 3.78. The molecule has 1 heterocycles. The van der Waals surface area contributed by atoms with Crippen LogP contribution in [0.2, 0.25) is 0 Å². The summed E-state index contributed by atoms with van der Waals surface area (Å²) in [4.78, 5) is 25.7. The minimum Gasteiger partial charge on any atom is -0.393 e. The molecule has 0 bridgehead atoms. The molecule has 1 fully saturated rings. The van der Waals surface area contributed by atoms with Crippen molar-refractivity contribution in [2.45, 2.75) is 63.6 Å². The number of aryl methyl sites for hydroxylation is 1. The molecule has 7 nitrogen and oxygen atoms in total. The van der Waals surface area contributed by atoms with Gasteiger partial charge in [0.1, 0.15) is 0 Å². The number of carbonyl (C=O) groups excluding carboxylic acids is 1. The highest BCUT2D eigenvalue weighted by molar-refractivity contribution is 6.04. The predicted molar refractivity (Wildman–Crippen MR) is 141 cm³/mol. The number of nitrogens with zero attached hydrogens (tertiary/aromatic N) is 2. The lowest BCUT2D eigenvalue weighted by atomic mass is 9.73. The number of aliphatic hydroxyl groups excluding tert-OH is 1. The summed E-state index contributed by atoms with van der Waals surface area (Å²) in [6.45, 7) is 4.27. The first-order valence-corrected chi connectivity index (χ1v) is 12.9. The Bertz CT molecular complexity index is 1250. The monoisotopic (exact) mass is 491 g/mol. The molecule has 0 aliphatic heterocycles. The summed E-state index contributed by atoms with van der Waals surface area (Å²) in [6, 6.07) is 17.0. The van der Waals surface area contributed by atoms with Crippen molar-refractivity contribution in [2.75, 3.05) is 6.54 Å². The minimum atomic E-state index is -1.05. The number of aliphatic hydroxyl groups is 2. The Balaban J connectivity index is 1.57. The molecule has 1 aromatic heterocycles. The molecule has 192 valence electrons. The van der Waals surface area contributed by atoms with Crippen LogP contribution in [0.1, 0.15) is 67.9 Å². The highest BCUT2D eigenvalue weighted by atomic mass is 16.3. The summed E-state index contributed by atoms with van der Waals surface area (Å²) < 4.78 is 1.19. The lowest BCUT2D eigenvalue weighted by Gasteiger charge is -2.38. The maximum atomic E-state index is 13.2. The van der Waals surface area contributed by atoms with Gasteiger partial charge < -0.3 is 15.5 Å². The van der Waals surface area contributed by atoms with Gasteiger partial charge in [0.05, 0.1) is 17.1 Å². The Morgan fingerprint density at radius 1 is 1.08 bits per heavy atom. The van der Waals surface area contributed by atoms with E-state index in [1.165, 1.54) is 11.7 Å². The number of hydrogen-bond donors (Lipinski definition) is 3. The van der Waals surface area contributed by atoms with Gasteiger partial charge in [-0.3, -0.25) is 9.59 Å². The molecule has 3 aromatic rings. The average Bonchev–Trinajstić information content (AvgIpc) is 2.85. The van der Waals surface area contributed by atoms with E-state index in [0.717, 1.165) is 24.8 Å². The van der Waals surface area contributed by atoms with E-state index in [2.05, 4.69) is 29.5 Å². The van der Waals surface area contributed by atoms with Gasteiger partial charge in [0.2, 0.25) is 0 Å². The van der Waals surface area contributed by atoms with Crippen molar-refractivity contribution in [3.8, 4) is 0 Å². The van der Waals surface area contributed by atoms with Crippen molar-refractivity contribution in [2.24, 2.45) is 18.9 Å². The second kappa shape index (κ2) is 10.9. The highest BCUT2D eigenvalue weighted by Gasteiger charge is 2.37. The maximum Gasteiger partial charge on any atom is 0.274 e. The molecule has 0 spiro atoms. The maximum absolute atomic E-state index is 13.2. The molecule has 5 atom stereocenters. The average molecular weight is 492 g/mol. The van der Waals surface area contributed by atoms with Crippen molar-refractivity contribution >= 4 is 16.7 Å². The van der Waals surface area contributed by atoms with E-state index in [4.69, 9.17) is 0 Å². The number of fused-ring (bicyclic) bond motifs is 1. The van der Waals surface area contributed by atoms with Crippen LogP contribution < -0.4 is 10.9 Å². The molecule has 2 aromatic carbocycles. The zero-order valence-corrected chi connectivity index (χ0v) is 21.4. The van der Waals surface area contributed by atoms with Gasteiger partial charge in [-0.25, -0.2) is 4.68 Å². The van der Waals surface area contributed by atoms with Gasteiger partial charge in [-0.1, -0.05) is 61.9 Å². The van der Waals surface area contributed by atoms with E-state index in [1.54, 1.807) is 24.3 Å². The van der Waals surface area contributed by atoms with Crippen molar-refractivity contribution < 1.29 is 15.0 Å². The SMILES string of the molecule is C[C@@H]1CC[C@@H](CNC(=O)c2nn(C)c(=O)c3ccccc23)[C@](C)(O)C[C@H](c2ccccc2)C[C@@H](O)C1. The number of carbonyl (C=O) groups is 1. The second-order valence-electron chi connectivity index (χ2n) is 10.7. The fourth-order valence-corrected chi connectivity index (χ4v) is 5.62. The van der Waals surface area contributed by atoms with Gasteiger partial charge in [-0.05, 0) is 56.1 Å². The summed E-state index contributed by atoms with van der Waals surface area (Å²) in [6.07, 6.45) is 2.97. The third-order valence-corrected chi connectivity index (χ3v) is 7.73. The normalized spacial score (nSPS) is 27.5. The zero-order valence-electron chi connectivity index (χ0n) is 21.4. The third-order valence-electron chi connectivity index (χ3n) is 7.73. The summed E-state index contributed by atoms with van der Waals surface area (Å²) >= 11 is 0. The molecular weight excluding hydrogens is 454 g/mol. The molecular formula is C29H37N3O4. The van der Waals surface area contributed by atoms with Crippen LogP contribution in [0.3, 0.4) is 0 Å². The quantitative estimate of drug-likeness (QED) is 0.515. The Morgan fingerprint density at radius 2 is 1.75 bits per heavy atom. The van der Waals surface area contributed by atoms with Gasteiger partial charge in [0.15, 0.2) is 5.69 Å². The lowest BCUT2D eigenvalue weighted by molar-refractivity contribution is -0.0278. The van der Waals surface area contributed by atoms with Crippen LogP contribution in [-0.4, -0.2) is 44.2 Å². The smallest absolute Gasteiger partial charge is 0.274 e. The van der Waals surface area contributed by atoms with Crippen molar-refractivity contribution in [3.05, 3.63) is 76.2 Å². The lowest BCUT2D eigenvalue weighted by Crippen LogP contribution is -2.44. The summed E-state index contributed by atoms with van der Waals surface area (Å²) in [5, 5.41) is 30.6. The number of hydrogen-bond acceptors (Lipinski definition) is 5. The number of aromatic nitrogens is 2. The molecule has 0 saturated heterocycles. The molecule has 4 rings (SSSR count). The van der Waals surface area contributed by atoms with Crippen LogP contribution in [0.25, 0.3) is 10.8 Å². The fraction of sp³-hybridized carbons (Fsp3) is 0.483. The molecule has 1 aliphatic carbocycles. The van der Waals surface area contributed by atoms with Crippen LogP contribution in [0.4, 0.5) is 0 Å². The second-order valence-corrected chi connectivity index (χ2v) is 10.7.